The van der Waals surface area contributed by atoms with E-state index in [1.54, 1.807) is 0 Å². The second-order valence-electron chi connectivity index (χ2n) is 7.16. The third-order valence-corrected chi connectivity index (χ3v) is 5.14. The summed E-state index contributed by atoms with van der Waals surface area (Å²) in [4.78, 5) is 14.5. The third-order valence-electron chi connectivity index (χ3n) is 4.91. The number of hydrogen-bond donors (Lipinski definition) is 2. The number of likely N-dealkylation sites (tertiary alicyclic amines) is 1. The van der Waals surface area contributed by atoms with Gasteiger partial charge in [0, 0.05) is 36.8 Å². The van der Waals surface area contributed by atoms with E-state index in [1.807, 2.05) is 18.2 Å². The Hall–Kier alpha value is -1.30. The molecule has 1 saturated carbocycles. The molecule has 2 aliphatic rings. The molecule has 1 aromatic carbocycles. The fourth-order valence-electron chi connectivity index (χ4n) is 3.30. The zero-order chi connectivity index (χ0) is 17.6. The van der Waals surface area contributed by atoms with Crippen molar-refractivity contribution in [2.24, 2.45) is 17.6 Å². The molecule has 0 aromatic heterocycles. The minimum atomic E-state index is 0.0373. The number of hydrogen-bond acceptors (Lipinski definition) is 4. The molecular weight excluding hydrogens is 338 g/mol. The number of halogens is 1. The predicted molar refractivity (Wildman–Crippen MR) is 99.7 cm³/mol. The van der Waals surface area contributed by atoms with Crippen LogP contribution in [0.3, 0.4) is 0 Å². The van der Waals surface area contributed by atoms with Gasteiger partial charge in [-0.3, -0.25) is 9.69 Å². The molecular formula is C19H28ClN3O2. The van der Waals surface area contributed by atoms with Crippen molar-refractivity contribution in [3.8, 4) is 5.75 Å². The van der Waals surface area contributed by atoms with E-state index in [4.69, 9.17) is 22.1 Å². The van der Waals surface area contributed by atoms with E-state index in [1.165, 1.54) is 12.8 Å². The first kappa shape index (κ1) is 18.5. The lowest BCUT2D eigenvalue weighted by atomic mass is 9.96. The number of nitrogens with zero attached hydrogens (tertiary/aromatic N) is 1. The van der Waals surface area contributed by atoms with Gasteiger partial charge in [-0.05, 0) is 56.3 Å². The van der Waals surface area contributed by atoms with Crippen LogP contribution in [0.25, 0.3) is 0 Å². The number of nitrogens with two attached hydrogens (primary N) is 1. The molecule has 1 aromatic rings. The van der Waals surface area contributed by atoms with Crippen LogP contribution in [0.4, 0.5) is 0 Å². The Bertz CT molecular complexity index is 592. The molecule has 3 N–H and O–H groups in total. The summed E-state index contributed by atoms with van der Waals surface area (Å²) in [7, 11) is 0. The molecule has 1 heterocycles. The quantitative estimate of drug-likeness (QED) is 0.742. The van der Waals surface area contributed by atoms with Crippen molar-refractivity contribution in [3.05, 3.63) is 28.8 Å². The number of nitrogens with one attached hydrogen (secondary N) is 1. The van der Waals surface area contributed by atoms with Crippen molar-refractivity contribution < 1.29 is 9.53 Å². The lowest BCUT2D eigenvalue weighted by Crippen LogP contribution is -2.43. The number of carbonyl (C=O) groups is 1. The molecule has 5 nitrogen and oxygen atoms in total. The van der Waals surface area contributed by atoms with Crippen LogP contribution in [0.1, 0.15) is 31.2 Å². The van der Waals surface area contributed by atoms with E-state index < -0.39 is 0 Å². The molecule has 1 saturated heterocycles. The van der Waals surface area contributed by atoms with Gasteiger partial charge >= 0.3 is 0 Å². The van der Waals surface area contributed by atoms with Gasteiger partial charge in [-0.25, -0.2) is 0 Å². The van der Waals surface area contributed by atoms with Gasteiger partial charge in [0.05, 0.1) is 12.5 Å². The highest BCUT2D eigenvalue weighted by Gasteiger charge is 2.26. The second-order valence-corrected chi connectivity index (χ2v) is 7.60. The van der Waals surface area contributed by atoms with Gasteiger partial charge in [0.2, 0.25) is 5.91 Å². The first-order valence-electron chi connectivity index (χ1n) is 9.27. The molecule has 1 amide bonds. The Morgan fingerprint density at radius 1 is 1.36 bits per heavy atom. The van der Waals surface area contributed by atoms with Crippen LogP contribution < -0.4 is 15.8 Å². The van der Waals surface area contributed by atoms with Crippen molar-refractivity contribution in [3.63, 3.8) is 0 Å². The average molecular weight is 366 g/mol. The summed E-state index contributed by atoms with van der Waals surface area (Å²) in [6, 6.07) is 5.84. The molecule has 0 spiro atoms. The van der Waals surface area contributed by atoms with Crippen LogP contribution in [-0.4, -0.2) is 43.6 Å². The lowest BCUT2D eigenvalue weighted by Gasteiger charge is -2.32. The van der Waals surface area contributed by atoms with Gasteiger partial charge in [0.15, 0.2) is 0 Å². The van der Waals surface area contributed by atoms with Crippen LogP contribution in [0.2, 0.25) is 5.02 Å². The normalized spacial score (nSPS) is 21.1. The summed E-state index contributed by atoms with van der Waals surface area (Å²) in [6.45, 7) is 4.34. The standard InChI is InChI=1S/C19H28ClN3O2/c20-17-5-6-18(25-13-14-3-4-14)16(10-17)12-23-9-1-2-15(11-23)19(24)22-8-7-21/h5-6,10,14-15H,1-4,7-9,11-13,21H2,(H,22,24). The van der Waals surface area contributed by atoms with Crippen LogP contribution in [0, 0.1) is 11.8 Å². The Morgan fingerprint density at radius 2 is 2.20 bits per heavy atom. The Kier molecular flexibility index (Phi) is 6.57. The monoisotopic (exact) mass is 365 g/mol. The SMILES string of the molecule is NCCNC(=O)C1CCCN(Cc2cc(Cl)ccc2OCC2CC2)C1. The molecule has 2 fully saturated rings. The summed E-state index contributed by atoms with van der Waals surface area (Å²) >= 11 is 6.20. The highest BCUT2D eigenvalue weighted by atomic mass is 35.5. The van der Waals surface area contributed by atoms with Crippen molar-refractivity contribution in [2.75, 3.05) is 32.8 Å². The van der Waals surface area contributed by atoms with Gasteiger partial charge in [-0.1, -0.05) is 11.6 Å². The Balaban J connectivity index is 1.60. The third kappa shape index (κ3) is 5.59. The number of carbonyl (C=O) groups excluding carboxylic acids is 1. The highest BCUT2D eigenvalue weighted by molar-refractivity contribution is 6.30. The maximum Gasteiger partial charge on any atom is 0.224 e. The maximum atomic E-state index is 12.2. The maximum absolute atomic E-state index is 12.2. The van der Waals surface area contributed by atoms with E-state index in [9.17, 15) is 4.79 Å². The fraction of sp³-hybridized carbons (Fsp3) is 0.632. The first-order valence-corrected chi connectivity index (χ1v) is 9.65. The summed E-state index contributed by atoms with van der Waals surface area (Å²) in [5.74, 6) is 1.79. The number of piperidine rings is 1. The van der Waals surface area contributed by atoms with E-state index in [2.05, 4.69) is 10.2 Å². The molecule has 0 bridgehead atoms. The number of benzene rings is 1. The molecule has 3 rings (SSSR count). The van der Waals surface area contributed by atoms with E-state index >= 15 is 0 Å². The molecule has 25 heavy (non-hydrogen) atoms. The largest absolute Gasteiger partial charge is 0.493 e. The van der Waals surface area contributed by atoms with Crippen molar-refractivity contribution in [1.29, 1.82) is 0 Å². The molecule has 1 aliphatic heterocycles. The van der Waals surface area contributed by atoms with Gasteiger partial charge < -0.3 is 15.8 Å². The van der Waals surface area contributed by atoms with Crippen LogP contribution in [0.15, 0.2) is 18.2 Å². The smallest absolute Gasteiger partial charge is 0.224 e. The second kappa shape index (κ2) is 8.88. The topological polar surface area (TPSA) is 67.6 Å². The molecule has 1 atom stereocenters. The van der Waals surface area contributed by atoms with Crippen molar-refractivity contribution >= 4 is 17.5 Å². The van der Waals surface area contributed by atoms with Crippen LogP contribution in [-0.2, 0) is 11.3 Å². The number of ether oxygens (including phenoxy) is 1. The van der Waals surface area contributed by atoms with Crippen LogP contribution in [0.5, 0.6) is 5.75 Å². The lowest BCUT2D eigenvalue weighted by molar-refractivity contribution is -0.126. The minimum absolute atomic E-state index is 0.0373. The zero-order valence-electron chi connectivity index (χ0n) is 14.7. The Labute approximate surface area is 154 Å². The minimum Gasteiger partial charge on any atom is -0.493 e. The summed E-state index contributed by atoms with van der Waals surface area (Å²) < 4.78 is 6.01. The van der Waals surface area contributed by atoms with Gasteiger partial charge in [-0.2, -0.15) is 0 Å². The van der Waals surface area contributed by atoms with E-state index in [-0.39, 0.29) is 11.8 Å². The first-order chi connectivity index (χ1) is 12.2. The predicted octanol–water partition coefficient (Wildman–Crippen LogP) is 2.42. The van der Waals surface area contributed by atoms with Gasteiger partial charge in [0.1, 0.15) is 5.75 Å². The average Bonchev–Trinajstić information content (AvgIpc) is 3.43. The molecule has 1 aliphatic carbocycles. The van der Waals surface area contributed by atoms with E-state index in [0.717, 1.165) is 55.4 Å². The molecule has 1 unspecified atom stereocenters. The zero-order valence-corrected chi connectivity index (χ0v) is 15.4. The molecule has 138 valence electrons. The van der Waals surface area contributed by atoms with Gasteiger partial charge in [0.25, 0.3) is 0 Å². The summed E-state index contributed by atoms with van der Waals surface area (Å²) in [5.41, 5.74) is 6.58. The van der Waals surface area contributed by atoms with Gasteiger partial charge in [-0.15, -0.1) is 0 Å². The number of amides is 1. The fourth-order valence-corrected chi connectivity index (χ4v) is 3.49. The van der Waals surface area contributed by atoms with E-state index in [0.29, 0.717) is 19.0 Å². The van der Waals surface area contributed by atoms with Crippen molar-refractivity contribution in [2.45, 2.75) is 32.2 Å². The summed E-state index contributed by atoms with van der Waals surface area (Å²) in [6.07, 6.45) is 4.51. The summed E-state index contributed by atoms with van der Waals surface area (Å²) in [5, 5.41) is 3.64. The highest BCUT2D eigenvalue weighted by Crippen LogP contribution is 2.32. The van der Waals surface area contributed by atoms with Crippen molar-refractivity contribution in [1.82, 2.24) is 10.2 Å². The molecule has 0 radical (unpaired) electrons. The molecule has 6 heteroatoms. The number of rotatable bonds is 8. The Morgan fingerprint density at radius 3 is 2.96 bits per heavy atom. The van der Waals surface area contributed by atoms with Crippen LogP contribution >= 0.6 is 11.6 Å².